The Hall–Kier alpha value is -3.76. The molecule has 0 saturated heterocycles. The van der Waals surface area contributed by atoms with Crippen molar-refractivity contribution in [3.8, 4) is 0 Å². The van der Waals surface area contributed by atoms with Gasteiger partial charge >= 0.3 is 103 Å². The zero-order valence-electron chi connectivity index (χ0n) is 18.0. The number of nitrogens with zero attached hydrogens (tertiary/aromatic N) is 1. The van der Waals surface area contributed by atoms with Gasteiger partial charge in [0.05, 0.1) is 0 Å². The summed E-state index contributed by atoms with van der Waals surface area (Å²) >= 11 is -5.33. The normalized spacial score (nSPS) is 11.9. The molecule has 34 heavy (non-hydrogen) atoms. The van der Waals surface area contributed by atoms with Crippen LogP contribution in [0.5, 0.6) is 0 Å². The molecule has 2 amide bonds. The number of anilines is 1. The van der Waals surface area contributed by atoms with Gasteiger partial charge < -0.3 is 5.32 Å². The summed E-state index contributed by atoms with van der Waals surface area (Å²) in [6, 6.07) is 22.1. The van der Waals surface area contributed by atoms with Crippen LogP contribution in [0.3, 0.4) is 0 Å². The molecule has 12 heteroatoms. The average molecular weight is 531 g/mol. The van der Waals surface area contributed by atoms with Crippen molar-refractivity contribution in [2.45, 2.75) is 13.5 Å². The third kappa shape index (κ3) is 7.98. The zero-order valence-corrected chi connectivity index (χ0v) is 19.8. The molecule has 178 valence electrons. The number of hydrogen-bond acceptors (Lipinski definition) is 7. The number of nitro groups is 1. The van der Waals surface area contributed by atoms with Crippen LogP contribution in [0.25, 0.3) is 0 Å². The van der Waals surface area contributed by atoms with Gasteiger partial charge in [-0.2, -0.15) is 0 Å². The molecule has 1 atom stereocenters. The van der Waals surface area contributed by atoms with E-state index in [1.807, 2.05) is 48.5 Å². The van der Waals surface area contributed by atoms with E-state index in [2.05, 4.69) is 14.5 Å². The van der Waals surface area contributed by atoms with E-state index in [9.17, 15) is 27.5 Å². The number of carbonyl (C=O) groups excluding carboxylic acids is 2. The summed E-state index contributed by atoms with van der Waals surface area (Å²) in [7, 11) is 0. The van der Waals surface area contributed by atoms with Crippen LogP contribution >= 0.6 is 0 Å². The molecule has 3 aromatic rings. The van der Waals surface area contributed by atoms with Crippen LogP contribution in [-0.2, 0) is 19.0 Å². The number of nitrogens with one attached hydrogen (secondary N) is 2. The minimum Gasteiger partial charge on any atom is -0.348 e. The Morgan fingerprint density at radius 3 is 2.15 bits per heavy atom. The average Bonchev–Trinajstić information content (AvgIpc) is 2.83. The molecule has 1 unspecified atom stereocenters. The molecule has 3 aromatic carbocycles. The maximum Gasteiger partial charge on any atom is 0.251 e. The topological polar surface area (TPSA) is 168 Å². The second kappa shape index (κ2) is 12.5. The zero-order chi connectivity index (χ0) is 25.1. The van der Waals surface area contributed by atoms with E-state index < -0.39 is 35.0 Å². The Kier molecular flexibility index (Phi) is 9.72. The molecular weight excluding hydrogens is 509 g/mol. The first-order chi connectivity index (χ1) is 16.1. The molecule has 0 aliphatic carbocycles. The summed E-state index contributed by atoms with van der Waals surface area (Å²) in [4.78, 5) is 32.3. The van der Waals surface area contributed by atoms with Gasteiger partial charge in [0.1, 0.15) is 0 Å². The van der Waals surface area contributed by atoms with Crippen LogP contribution < -0.4 is 15.0 Å². The van der Waals surface area contributed by atoms with Gasteiger partial charge in [-0.25, -0.2) is 0 Å². The predicted octanol–water partition coefficient (Wildman–Crippen LogP) is 2.23. The molecule has 0 heterocycles. The third-order valence-electron chi connectivity index (χ3n) is 4.24. The fourth-order valence-corrected chi connectivity index (χ4v) is 4.35. The Balaban J connectivity index is 0.000000241. The van der Waals surface area contributed by atoms with E-state index in [0.29, 0.717) is 12.1 Å². The number of nitro benzene ring substituents is 1. The van der Waals surface area contributed by atoms with Crippen molar-refractivity contribution in [2.24, 2.45) is 0 Å². The fraction of sp³-hybridized carbons (Fsp3) is 0.0909. The largest absolute Gasteiger partial charge is 0.348 e. The minimum absolute atomic E-state index is 0.0375. The summed E-state index contributed by atoms with van der Waals surface area (Å²) < 4.78 is 23.4. The van der Waals surface area contributed by atoms with E-state index in [1.165, 1.54) is 13.0 Å². The summed E-state index contributed by atoms with van der Waals surface area (Å²) in [5.41, 5.74) is 1.16. The van der Waals surface area contributed by atoms with Crippen LogP contribution in [0.2, 0.25) is 0 Å². The van der Waals surface area contributed by atoms with Crippen molar-refractivity contribution >= 4 is 41.7 Å². The van der Waals surface area contributed by atoms with Crippen molar-refractivity contribution in [1.29, 1.82) is 0 Å². The summed E-state index contributed by atoms with van der Waals surface area (Å²) in [5.74, 6) is -0.488. The standard InChI is InChI=1S/C14H13NO.C8H9AsN2O7/c16-14(13-9-5-2-6-10-13)15-11-12-7-3-1-4-8-12;1-5(12)10-6-2-3-7(9(13,14)18-17)8(4-6)11(15)16/h1-10H,11H2,(H,15,16);2-4,17H,1H3,(H,10,12)(H,13,14). The Bertz CT molecular complexity index is 1190. The summed E-state index contributed by atoms with van der Waals surface area (Å²) in [6.07, 6.45) is 0. The molecular formula is C22H22AsN3O8. The van der Waals surface area contributed by atoms with Gasteiger partial charge in [0.15, 0.2) is 0 Å². The Morgan fingerprint density at radius 2 is 1.62 bits per heavy atom. The second-order valence-corrected chi connectivity index (χ2v) is 10.3. The smallest absolute Gasteiger partial charge is 0.251 e. The molecule has 0 bridgehead atoms. The van der Waals surface area contributed by atoms with E-state index >= 15 is 0 Å². The monoisotopic (exact) mass is 531 g/mol. The van der Waals surface area contributed by atoms with Crippen molar-refractivity contribution in [3.63, 3.8) is 0 Å². The molecule has 0 radical (unpaired) electrons. The molecule has 4 N–H and O–H groups in total. The van der Waals surface area contributed by atoms with E-state index in [-0.39, 0.29) is 11.6 Å². The van der Waals surface area contributed by atoms with Gasteiger partial charge in [-0.3, -0.25) is 4.79 Å². The number of hydrogen-bond donors (Lipinski definition) is 4. The van der Waals surface area contributed by atoms with Crippen molar-refractivity contribution < 1.29 is 31.5 Å². The molecule has 0 saturated carbocycles. The predicted molar refractivity (Wildman–Crippen MR) is 123 cm³/mol. The fourth-order valence-electron chi connectivity index (χ4n) is 2.70. The van der Waals surface area contributed by atoms with Gasteiger partial charge in [0.2, 0.25) is 0 Å². The molecule has 11 nitrogen and oxygen atoms in total. The molecule has 3 rings (SSSR count). The first kappa shape index (κ1) is 26.5. The molecule has 0 aromatic heterocycles. The SMILES string of the molecule is CC(=O)Nc1ccc([As](=O)(O)OO)c([N+](=O)[O-])c1.O=C(NCc1ccccc1)c1ccccc1. The van der Waals surface area contributed by atoms with Crippen LogP contribution in [0.15, 0.2) is 78.9 Å². The maximum atomic E-state index is 11.7. The van der Waals surface area contributed by atoms with E-state index in [0.717, 1.165) is 17.7 Å². The number of amides is 2. The number of rotatable bonds is 7. The second-order valence-electron chi connectivity index (χ2n) is 6.78. The van der Waals surface area contributed by atoms with Crippen molar-refractivity contribution in [2.75, 3.05) is 5.32 Å². The van der Waals surface area contributed by atoms with Crippen LogP contribution in [0.4, 0.5) is 11.4 Å². The van der Waals surface area contributed by atoms with Crippen LogP contribution in [0.1, 0.15) is 22.8 Å². The van der Waals surface area contributed by atoms with Crippen molar-refractivity contribution in [1.82, 2.24) is 5.32 Å². The van der Waals surface area contributed by atoms with Crippen LogP contribution in [-0.4, -0.2) is 40.3 Å². The quantitative estimate of drug-likeness (QED) is 0.156. The maximum absolute atomic E-state index is 11.7. The van der Waals surface area contributed by atoms with Gasteiger partial charge in [-0.15, -0.1) is 0 Å². The molecule has 0 aliphatic heterocycles. The van der Waals surface area contributed by atoms with E-state index in [4.69, 9.17) is 5.26 Å². The van der Waals surface area contributed by atoms with Gasteiger partial charge in [0, 0.05) is 12.1 Å². The van der Waals surface area contributed by atoms with Gasteiger partial charge in [-0.1, -0.05) is 48.5 Å². The first-order valence-electron chi connectivity index (χ1n) is 9.73. The third-order valence-corrected chi connectivity index (χ3v) is 6.77. The Labute approximate surface area is 197 Å². The number of benzene rings is 3. The first-order valence-corrected chi connectivity index (χ1v) is 13.0. The van der Waals surface area contributed by atoms with Crippen molar-refractivity contribution in [3.05, 3.63) is 100 Å². The molecule has 0 spiro atoms. The van der Waals surface area contributed by atoms with Gasteiger partial charge in [0.25, 0.3) is 5.91 Å². The summed E-state index contributed by atoms with van der Waals surface area (Å²) in [5, 5.41) is 24.2. The Morgan fingerprint density at radius 1 is 1.03 bits per heavy atom. The summed E-state index contributed by atoms with van der Waals surface area (Å²) in [6.45, 7) is 1.77. The van der Waals surface area contributed by atoms with Gasteiger partial charge in [-0.05, 0) is 17.7 Å². The minimum atomic E-state index is -5.33. The molecule has 0 aliphatic rings. The number of carbonyl (C=O) groups is 2. The molecule has 0 fully saturated rings. The van der Waals surface area contributed by atoms with E-state index in [1.54, 1.807) is 12.1 Å². The van der Waals surface area contributed by atoms with Crippen LogP contribution in [0, 0.1) is 10.1 Å².